The molecule has 1 atom stereocenters. The van der Waals surface area contributed by atoms with Gasteiger partial charge in [-0.05, 0) is 31.5 Å². The first-order chi connectivity index (χ1) is 8.20. The Labute approximate surface area is 102 Å². The molecule has 0 bridgehead atoms. The smallest absolute Gasteiger partial charge is 0.0881 e. The molecule has 3 N–H and O–H groups in total. The Morgan fingerprint density at radius 3 is 2.35 bits per heavy atom. The number of hydrogen-bond acceptors (Lipinski definition) is 3. The van der Waals surface area contributed by atoms with Crippen molar-refractivity contribution in [2.45, 2.75) is 19.9 Å². The van der Waals surface area contributed by atoms with E-state index in [1.54, 1.807) is 0 Å². The van der Waals surface area contributed by atoms with Crippen LogP contribution in [0, 0.1) is 13.8 Å². The first-order valence-corrected chi connectivity index (χ1v) is 5.67. The van der Waals surface area contributed by atoms with E-state index in [1.807, 2.05) is 25.1 Å². The van der Waals surface area contributed by atoms with E-state index in [9.17, 15) is 0 Å². The minimum atomic E-state index is -0.0597. The molecule has 2 aromatic rings. The number of aromatic nitrogens is 1. The van der Waals surface area contributed by atoms with Gasteiger partial charge in [-0.3, -0.25) is 10.8 Å². The Morgan fingerprint density at radius 2 is 1.76 bits per heavy atom. The number of hydrazine groups is 1. The molecular weight excluding hydrogens is 210 g/mol. The van der Waals surface area contributed by atoms with Gasteiger partial charge in [0.15, 0.2) is 0 Å². The number of nitrogens with one attached hydrogen (secondary N) is 1. The van der Waals surface area contributed by atoms with Gasteiger partial charge in [-0.2, -0.15) is 0 Å². The number of pyridine rings is 1. The second-order valence-corrected chi connectivity index (χ2v) is 4.21. The predicted octanol–water partition coefficient (Wildman–Crippen LogP) is 2.25. The van der Waals surface area contributed by atoms with Gasteiger partial charge in [-0.15, -0.1) is 0 Å². The zero-order valence-electron chi connectivity index (χ0n) is 10.1. The van der Waals surface area contributed by atoms with Gasteiger partial charge in [-0.1, -0.05) is 35.9 Å². The normalized spacial score (nSPS) is 12.4. The summed E-state index contributed by atoms with van der Waals surface area (Å²) in [5, 5.41) is 0. The molecule has 1 unspecified atom stereocenters. The Kier molecular flexibility index (Phi) is 3.52. The van der Waals surface area contributed by atoms with Crippen LogP contribution in [0.15, 0.2) is 42.5 Å². The van der Waals surface area contributed by atoms with E-state index in [0.29, 0.717) is 0 Å². The van der Waals surface area contributed by atoms with Gasteiger partial charge in [0.1, 0.15) is 0 Å². The van der Waals surface area contributed by atoms with Gasteiger partial charge < -0.3 is 0 Å². The molecule has 0 aliphatic rings. The van der Waals surface area contributed by atoms with Crippen LogP contribution < -0.4 is 11.3 Å². The van der Waals surface area contributed by atoms with Crippen LogP contribution in [-0.4, -0.2) is 4.98 Å². The van der Waals surface area contributed by atoms with Crippen molar-refractivity contribution in [1.29, 1.82) is 0 Å². The lowest BCUT2D eigenvalue weighted by Gasteiger charge is -2.16. The molecule has 0 spiro atoms. The molecule has 1 heterocycles. The number of hydrogen-bond donors (Lipinski definition) is 2. The molecule has 1 aromatic carbocycles. The zero-order valence-corrected chi connectivity index (χ0v) is 10.1. The maximum Gasteiger partial charge on any atom is 0.0881 e. The highest BCUT2D eigenvalue weighted by Gasteiger charge is 2.13. The molecule has 0 fully saturated rings. The third-order valence-electron chi connectivity index (χ3n) is 2.78. The Morgan fingerprint density at radius 1 is 1.06 bits per heavy atom. The van der Waals surface area contributed by atoms with Crippen LogP contribution in [0.4, 0.5) is 0 Å². The van der Waals surface area contributed by atoms with Crippen molar-refractivity contribution in [2.24, 2.45) is 5.84 Å². The summed E-state index contributed by atoms with van der Waals surface area (Å²) in [6.07, 6.45) is 0. The first-order valence-electron chi connectivity index (χ1n) is 5.67. The van der Waals surface area contributed by atoms with Gasteiger partial charge >= 0.3 is 0 Å². The van der Waals surface area contributed by atoms with Crippen molar-refractivity contribution in [3.8, 4) is 0 Å². The highest BCUT2D eigenvalue weighted by atomic mass is 15.2. The van der Waals surface area contributed by atoms with Crippen LogP contribution >= 0.6 is 0 Å². The van der Waals surface area contributed by atoms with Crippen LogP contribution in [0.2, 0.25) is 0 Å². The van der Waals surface area contributed by atoms with Gasteiger partial charge in [-0.25, -0.2) is 5.43 Å². The summed E-state index contributed by atoms with van der Waals surface area (Å²) >= 11 is 0. The zero-order chi connectivity index (χ0) is 12.3. The highest BCUT2D eigenvalue weighted by Crippen LogP contribution is 2.20. The number of nitrogens with two attached hydrogens (primary N) is 1. The van der Waals surface area contributed by atoms with E-state index in [2.05, 4.69) is 41.6 Å². The minimum absolute atomic E-state index is 0.0597. The van der Waals surface area contributed by atoms with E-state index in [-0.39, 0.29) is 6.04 Å². The topological polar surface area (TPSA) is 50.9 Å². The summed E-state index contributed by atoms with van der Waals surface area (Å²) in [7, 11) is 0. The fourth-order valence-electron chi connectivity index (χ4n) is 1.84. The van der Waals surface area contributed by atoms with Crippen molar-refractivity contribution in [3.63, 3.8) is 0 Å². The van der Waals surface area contributed by atoms with Crippen molar-refractivity contribution in [3.05, 3.63) is 65.0 Å². The molecule has 3 heteroatoms. The third kappa shape index (κ3) is 2.70. The van der Waals surface area contributed by atoms with Gasteiger partial charge in [0.25, 0.3) is 0 Å². The standard InChI is InChI=1S/C14H17N3/c1-10-6-8-12(9-7-10)14(17-15)13-5-3-4-11(2)16-13/h3-9,14,17H,15H2,1-2H3. The summed E-state index contributed by atoms with van der Waals surface area (Å²) in [4.78, 5) is 4.50. The number of benzene rings is 1. The monoisotopic (exact) mass is 227 g/mol. The fourth-order valence-corrected chi connectivity index (χ4v) is 1.84. The van der Waals surface area contributed by atoms with Crippen LogP contribution in [0.5, 0.6) is 0 Å². The van der Waals surface area contributed by atoms with Crippen LogP contribution in [0.3, 0.4) is 0 Å². The van der Waals surface area contributed by atoms with E-state index in [1.165, 1.54) is 5.56 Å². The summed E-state index contributed by atoms with van der Waals surface area (Å²) in [5.74, 6) is 5.63. The van der Waals surface area contributed by atoms with Gasteiger partial charge in [0, 0.05) is 5.69 Å². The summed E-state index contributed by atoms with van der Waals surface area (Å²) in [5.41, 5.74) is 7.11. The van der Waals surface area contributed by atoms with E-state index >= 15 is 0 Å². The van der Waals surface area contributed by atoms with E-state index in [4.69, 9.17) is 5.84 Å². The molecule has 0 aliphatic heterocycles. The van der Waals surface area contributed by atoms with Crippen molar-refractivity contribution < 1.29 is 0 Å². The van der Waals surface area contributed by atoms with Crippen molar-refractivity contribution in [1.82, 2.24) is 10.4 Å². The minimum Gasteiger partial charge on any atom is -0.271 e. The lowest BCUT2D eigenvalue weighted by Crippen LogP contribution is -2.29. The molecule has 0 amide bonds. The molecule has 2 rings (SSSR count). The molecule has 0 saturated carbocycles. The van der Waals surface area contributed by atoms with Gasteiger partial charge in [0.2, 0.25) is 0 Å². The van der Waals surface area contributed by atoms with E-state index in [0.717, 1.165) is 17.0 Å². The summed E-state index contributed by atoms with van der Waals surface area (Å²) in [6.45, 7) is 4.05. The van der Waals surface area contributed by atoms with Gasteiger partial charge in [0.05, 0.1) is 11.7 Å². The second kappa shape index (κ2) is 5.08. The molecule has 0 aliphatic carbocycles. The SMILES string of the molecule is Cc1ccc(C(NN)c2cccc(C)n2)cc1. The number of aryl methyl sites for hydroxylation is 2. The fraction of sp³-hybridized carbons (Fsp3) is 0.214. The number of nitrogens with zero attached hydrogens (tertiary/aromatic N) is 1. The van der Waals surface area contributed by atoms with Crippen molar-refractivity contribution in [2.75, 3.05) is 0 Å². The average molecular weight is 227 g/mol. The molecular formula is C14H17N3. The average Bonchev–Trinajstić information content (AvgIpc) is 2.33. The first kappa shape index (κ1) is 11.8. The Hall–Kier alpha value is -1.71. The van der Waals surface area contributed by atoms with Crippen LogP contribution in [0.25, 0.3) is 0 Å². The summed E-state index contributed by atoms with van der Waals surface area (Å²) < 4.78 is 0. The molecule has 3 nitrogen and oxygen atoms in total. The molecule has 88 valence electrons. The quantitative estimate of drug-likeness (QED) is 0.624. The highest BCUT2D eigenvalue weighted by molar-refractivity contribution is 5.30. The lowest BCUT2D eigenvalue weighted by atomic mass is 10.0. The summed E-state index contributed by atoms with van der Waals surface area (Å²) in [6, 6.07) is 14.2. The van der Waals surface area contributed by atoms with E-state index < -0.39 is 0 Å². The van der Waals surface area contributed by atoms with Crippen molar-refractivity contribution >= 4 is 0 Å². The maximum absolute atomic E-state index is 5.63. The predicted molar refractivity (Wildman–Crippen MR) is 69.3 cm³/mol. The second-order valence-electron chi connectivity index (χ2n) is 4.21. The molecule has 17 heavy (non-hydrogen) atoms. The lowest BCUT2D eigenvalue weighted by molar-refractivity contribution is 0.619. The van der Waals surface area contributed by atoms with Crippen LogP contribution in [0.1, 0.15) is 28.6 Å². The van der Waals surface area contributed by atoms with Crippen LogP contribution in [-0.2, 0) is 0 Å². The molecule has 0 radical (unpaired) electrons. The Balaban J connectivity index is 2.36. The third-order valence-corrected chi connectivity index (χ3v) is 2.78. The number of rotatable bonds is 3. The molecule has 0 saturated heterocycles. The molecule has 1 aromatic heterocycles. The maximum atomic E-state index is 5.63. The Bertz CT molecular complexity index is 491. The largest absolute Gasteiger partial charge is 0.271 e.